The van der Waals surface area contributed by atoms with E-state index in [0.717, 1.165) is 23.4 Å². The van der Waals surface area contributed by atoms with Crippen molar-refractivity contribution < 1.29 is 22.7 Å². The van der Waals surface area contributed by atoms with Gasteiger partial charge in [0.25, 0.3) is 5.91 Å². The molecule has 0 fully saturated rings. The molecule has 4 nitrogen and oxygen atoms in total. The van der Waals surface area contributed by atoms with Gasteiger partial charge in [-0.1, -0.05) is 38.1 Å². The van der Waals surface area contributed by atoms with E-state index in [1.807, 2.05) is 24.3 Å². The molecule has 0 aliphatic carbocycles. The molecule has 0 unspecified atom stereocenters. The first-order valence-electron chi connectivity index (χ1n) is 9.35. The van der Waals surface area contributed by atoms with E-state index >= 15 is 0 Å². The molecule has 0 radical (unpaired) electrons. The Morgan fingerprint density at radius 3 is 2.67 bits per heavy atom. The van der Waals surface area contributed by atoms with E-state index in [2.05, 4.69) is 24.1 Å². The number of aromatic nitrogens is 1. The van der Waals surface area contributed by atoms with Crippen molar-refractivity contribution in [2.24, 2.45) is 5.92 Å². The molecule has 0 saturated carbocycles. The molecule has 1 N–H and O–H groups in total. The molecule has 30 heavy (non-hydrogen) atoms. The number of nitrogens with one attached hydrogen (secondary N) is 1. The lowest BCUT2D eigenvalue weighted by atomic mass is 10.1. The summed E-state index contributed by atoms with van der Waals surface area (Å²) in [5, 5.41) is 4.90. The molecule has 1 aromatic heterocycles. The Morgan fingerprint density at radius 2 is 1.93 bits per heavy atom. The minimum Gasteiger partial charge on any atom is -0.493 e. The SMILES string of the molecule is CC(C)COc1cccc(-c2nc(C(=O)NCc3cccc(C(F)(F)F)c3)cs2)c1. The van der Waals surface area contributed by atoms with Gasteiger partial charge in [0.1, 0.15) is 16.5 Å². The Kier molecular flexibility index (Phi) is 6.77. The third-order valence-electron chi connectivity index (χ3n) is 4.11. The number of hydrogen-bond donors (Lipinski definition) is 1. The maximum Gasteiger partial charge on any atom is 0.416 e. The van der Waals surface area contributed by atoms with Gasteiger partial charge in [0, 0.05) is 17.5 Å². The molecule has 0 bridgehead atoms. The summed E-state index contributed by atoms with van der Waals surface area (Å²) < 4.78 is 44.1. The molecule has 158 valence electrons. The van der Waals surface area contributed by atoms with Crippen LogP contribution in [0, 0.1) is 5.92 Å². The van der Waals surface area contributed by atoms with Gasteiger partial charge < -0.3 is 10.1 Å². The average Bonchev–Trinajstić information content (AvgIpc) is 3.21. The Labute approximate surface area is 176 Å². The third kappa shape index (κ3) is 5.82. The smallest absolute Gasteiger partial charge is 0.416 e. The number of rotatable bonds is 7. The van der Waals surface area contributed by atoms with Gasteiger partial charge in [0.05, 0.1) is 12.2 Å². The lowest BCUT2D eigenvalue weighted by molar-refractivity contribution is -0.137. The molecule has 3 aromatic rings. The van der Waals surface area contributed by atoms with Gasteiger partial charge in [-0.2, -0.15) is 13.2 Å². The van der Waals surface area contributed by atoms with Crippen molar-refractivity contribution in [3.05, 3.63) is 70.7 Å². The normalized spacial score (nSPS) is 11.5. The molecular weight excluding hydrogens is 413 g/mol. The van der Waals surface area contributed by atoms with Gasteiger partial charge >= 0.3 is 6.18 Å². The summed E-state index contributed by atoms with van der Waals surface area (Å²) in [6.07, 6.45) is -4.42. The minimum atomic E-state index is -4.42. The van der Waals surface area contributed by atoms with Crippen molar-refractivity contribution in [2.75, 3.05) is 6.61 Å². The molecule has 1 amide bonds. The number of benzene rings is 2. The number of amides is 1. The second-order valence-corrected chi connectivity index (χ2v) is 8.01. The quantitative estimate of drug-likeness (QED) is 0.512. The van der Waals surface area contributed by atoms with Crippen LogP contribution in [0.2, 0.25) is 0 Å². The minimum absolute atomic E-state index is 0.0197. The van der Waals surface area contributed by atoms with Crippen LogP contribution in [-0.4, -0.2) is 17.5 Å². The van der Waals surface area contributed by atoms with E-state index in [-0.39, 0.29) is 12.2 Å². The number of nitrogens with zero attached hydrogens (tertiary/aromatic N) is 1. The molecule has 8 heteroatoms. The van der Waals surface area contributed by atoms with Crippen molar-refractivity contribution in [3.8, 4) is 16.3 Å². The van der Waals surface area contributed by atoms with E-state index in [1.165, 1.54) is 23.5 Å². The van der Waals surface area contributed by atoms with Crippen molar-refractivity contribution in [1.82, 2.24) is 10.3 Å². The summed E-state index contributed by atoms with van der Waals surface area (Å²) in [7, 11) is 0. The fraction of sp³-hybridized carbons (Fsp3) is 0.273. The molecule has 0 aliphatic rings. The predicted octanol–water partition coefficient (Wildman–Crippen LogP) is 5.79. The maximum atomic E-state index is 12.8. The fourth-order valence-corrected chi connectivity index (χ4v) is 3.42. The first-order chi connectivity index (χ1) is 14.2. The van der Waals surface area contributed by atoms with Crippen molar-refractivity contribution in [3.63, 3.8) is 0 Å². The van der Waals surface area contributed by atoms with Gasteiger partial charge in [-0.05, 0) is 35.7 Å². The van der Waals surface area contributed by atoms with Crippen LogP contribution in [0.5, 0.6) is 5.75 Å². The number of thiazole rings is 1. The number of halogens is 3. The molecule has 0 aliphatic heterocycles. The van der Waals surface area contributed by atoms with E-state index in [1.54, 1.807) is 5.38 Å². The van der Waals surface area contributed by atoms with Crippen LogP contribution < -0.4 is 10.1 Å². The summed E-state index contributed by atoms with van der Waals surface area (Å²) in [5.41, 5.74) is 0.669. The van der Waals surface area contributed by atoms with E-state index in [9.17, 15) is 18.0 Å². The molecule has 0 saturated heterocycles. The van der Waals surface area contributed by atoms with Gasteiger partial charge in [0.2, 0.25) is 0 Å². The van der Waals surface area contributed by atoms with Gasteiger partial charge in [-0.25, -0.2) is 4.98 Å². The number of ether oxygens (including phenoxy) is 1. The molecular formula is C22H21F3N2O2S. The van der Waals surface area contributed by atoms with Crippen LogP contribution in [0.25, 0.3) is 10.6 Å². The fourth-order valence-electron chi connectivity index (χ4n) is 2.62. The third-order valence-corrected chi connectivity index (χ3v) is 5.00. The zero-order chi connectivity index (χ0) is 21.7. The van der Waals surface area contributed by atoms with Crippen LogP contribution >= 0.6 is 11.3 Å². The summed E-state index contributed by atoms with van der Waals surface area (Å²) >= 11 is 1.32. The Morgan fingerprint density at radius 1 is 1.17 bits per heavy atom. The summed E-state index contributed by atoms with van der Waals surface area (Å²) in [6, 6.07) is 12.3. The topological polar surface area (TPSA) is 51.2 Å². The molecule has 3 rings (SSSR count). The van der Waals surface area contributed by atoms with E-state index in [0.29, 0.717) is 23.1 Å². The highest BCUT2D eigenvalue weighted by molar-refractivity contribution is 7.13. The Bertz CT molecular complexity index is 1020. The summed E-state index contributed by atoms with van der Waals surface area (Å²) in [5.74, 6) is 0.690. The first kappa shape index (κ1) is 21.8. The molecule has 1 heterocycles. The van der Waals surface area contributed by atoms with Gasteiger partial charge in [-0.3, -0.25) is 4.79 Å². The monoisotopic (exact) mass is 434 g/mol. The summed E-state index contributed by atoms with van der Waals surface area (Å²) in [4.78, 5) is 16.7. The average molecular weight is 434 g/mol. The first-order valence-corrected chi connectivity index (χ1v) is 10.2. The van der Waals surface area contributed by atoms with Crippen molar-refractivity contribution in [1.29, 1.82) is 0 Å². The van der Waals surface area contributed by atoms with Crippen LogP contribution in [0.4, 0.5) is 13.2 Å². The lowest BCUT2D eigenvalue weighted by Gasteiger charge is -2.09. The summed E-state index contributed by atoms with van der Waals surface area (Å²) in [6.45, 7) is 4.71. The number of hydrogen-bond acceptors (Lipinski definition) is 4. The van der Waals surface area contributed by atoms with Crippen molar-refractivity contribution in [2.45, 2.75) is 26.6 Å². The lowest BCUT2D eigenvalue weighted by Crippen LogP contribution is -2.23. The molecule has 0 atom stereocenters. The largest absolute Gasteiger partial charge is 0.493 e. The van der Waals surface area contributed by atoms with Crippen LogP contribution in [0.1, 0.15) is 35.5 Å². The maximum absolute atomic E-state index is 12.8. The van der Waals surface area contributed by atoms with Gasteiger partial charge in [-0.15, -0.1) is 11.3 Å². The van der Waals surface area contributed by atoms with Crippen molar-refractivity contribution >= 4 is 17.2 Å². The second-order valence-electron chi connectivity index (χ2n) is 7.15. The van der Waals surface area contributed by atoms with E-state index in [4.69, 9.17) is 4.74 Å². The highest BCUT2D eigenvalue weighted by Crippen LogP contribution is 2.30. The standard InChI is InChI=1S/C22H21F3N2O2S/c1-14(2)12-29-18-8-4-6-16(10-18)21-27-19(13-30-21)20(28)26-11-15-5-3-7-17(9-15)22(23,24)25/h3-10,13-14H,11-12H2,1-2H3,(H,26,28). The molecule has 2 aromatic carbocycles. The predicted molar refractivity (Wildman–Crippen MR) is 110 cm³/mol. The Balaban J connectivity index is 1.65. The van der Waals surface area contributed by atoms with Crippen LogP contribution in [0.3, 0.4) is 0 Å². The number of alkyl halides is 3. The Hall–Kier alpha value is -2.87. The second kappa shape index (κ2) is 9.30. The zero-order valence-corrected chi connectivity index (χ0v) is 17.3. The van der Waals surface area contributed by atoms with Crippen LogP contribution in [0.15, 0.2) is 53.9 Å². The number of carbonyl (C=O) groups excluding carboxylic acids is 1. The highest BCUT2D eigenvalue weighted by Gasteiger charge is 2.30. The van der Waals surface area contributed by atoms with Crippen LogP contribution in [-0.2, 0) is 12.7 Å². The molecule has 0 spiro atoms. The zero-order valence-electron chi connectivity index (χ0n) is 16.5. The highest BCUT2D eigenvalue weighted by atomic mass is 32.1. The number of carbonyl (C=O) groups is 1. The van der Waals surface area contributed by atoms with Gasteiger partial charge in [0.15, 0.2) is 0 Å². The van der Waals surface area contributed by atoms with E-state index < -0.39 is 17.6 Å².